The van der Waals surface area contributed by atoms with Crippen molar-refractivity contribution >= 4 is 34.7 Å². The molecule has 1 fully saturated rings. The predicted molar refractivity (Wildman–Crippen MR) is 85.9 cm³/mol. The minimum absolute atomic E-state index is 0.0900. The van der Waals surface area contributed by atoms with Gasteiger partial charge in [-0.1, -0.05) is 0 Å². The van der Waals surface area contributed by atoms with E-state index in [1.54, 1.807) is 6.92 Å². The summed E-state index contributed by atoms with van der Waals surface area (Å²) in [6.45, 7) is 7.09. The van der Waals surface area contributed by atoms with E-state index in [1.807, 2.05) is 23.8 Å². The maximum absolute atomic E-state index is 11.8. The zero-order chi connectivity index (χ0) is 17.2. The van der Waals surface area contributed by atoms with Crippen LogP contribution in [0.3, 0.4) is 0 Å². The van der Waals surface area contributed by atoms with E-state index in [9.17, 15) is 14.4 Å². The number of carbonyl (C=O) groups is 3. The van der Waals surface area contributed by atoms with Crippen molar-refractivity contribution < 1.29 is 21.4 Å². The Morgan fingerprint density at radius 2 is 2.22 bits per heavy atom. The molecular formula is C14H26GaN3O5. The van der Waals surface area contributed by atoms with Gasteiger partial charge in [-0.2, -0.15) is 0 Å². The number of hydrogen-bond donors (Lipinski definition) is 1. The minimum atomic E-state index is -2.76. The molecule has 0 aromatic heterocycles. The summed E-state index contributed by atoms with van der Waals surface area (Å²) in [6.07, 6.45) is 0. The Labute approximate surface area is 143 Å². The van der Waals surface area contributed by atoms with Crippen molar-refractivity contribution in [3.63, 3.8) is 0 Å². The second-order valence-corrected chi connectivity index (χ2v) is 9.69. The van der Waals surface area contributed by atoms with E-state index in [-0.39, 0.29) is 30.8 Å². The molecule has 1 saturated heterocycles. The summed E-state index contributed by atoms with van der Waals surface area (Å²) in [7, 11) is 1.84. The summed E-state index contributed by atoms with van der Waals surface area (Å²) < 4.78 is 10.6. The third kappa shape index (κ3) is 9.11. The number of ketones is 1. The van der Waals surface area contributed by atoms with Crippen molar-refractivity contribution in [3.8, 4) is 0 Å². The van der Waals surface area contributed by atoms with Gasteiger partial charge in [0.1, 0.15) is 0 Å². The molecule has 0 radical (unpaired) electrons. The number of nitrogens with one attached hydrogen (secondary N) is 1. The molecule has 130 valence electrons. The average Bonchev–Trinajstić information content (AvgIpc) is 2.62. The first-order valence-electron chi connectivity index (χ1n) is 7.90. The summed E-state index contributed by atoms with van der Waals surface area (Å²) in [5.74, 6) is -0.556. The molecule has 1 N–H and O–H groups in total. The first-order chi connectivity index (χ1) is 10.9. The molecule has 0 atom stereocenters. The van der Waals surface area contributed by atoms with Crippen LogP contribution in [0.5, 0.6) is 0 Å². The monoisotopic (exact) mass is 385 g/mol. The molecule has 1 heterocycles. The van der Waals surface area contributed by atoms with Gasteiger partial charge in [-0.3, -0.25) is 0 Å². The molecular weight excluding hydrogens is 360 g/mol. The molecule has 0 amide bonds. The van der Waals surface area contributed by atoms with E-state index in [0.717, 1.165) is 6.54 Å². The number of rotatable bonds is 9. The van der Waals surface area contributed by atoms with Gasteiger partial charge in [0.15, 0.2) is 0 Å². The van der Waals surface area contributed by atoms with Gasteiger partial charge in [0.05, 0.1) is 0 Å². The predicted octanol–water partition coefficient (Wildman–Crippen LogP) is -0.993. The van der Waals surface area contributed by atoms with Crippen molar-refractivity contribution in [1.29, 1.82) is 0 Å². The van der Waals surface area contributed by atoms with Crippen LogP contribution in [0.15, 0.2) is 0 Å². The second-order valence-electron chi connectivity index (χ2n) is 5.68. The van der Waals surface area contributed by atoms with Crippen molar-refractivity contribution in [2.24, 2.45) is 0 Å². The van der Waals surface area contributed by atoms with Crippen LogP contribution >= 0.6 is 0 Å². The van der Waals surface area contributed by atoms with E-state index in [0.29, 0.717) is 31.2 Å². The summed E-state index contributed by atoms with van der Waals surface area (Å²) in [5, 5.41) is 3.00. The maximum atomic E-state index is 11.8. The summed E-state index contributed by atoms with van der Waals surface area (Å²) in [6, 6.07) is 0. The van der Waals surface area contributed by atoms with Gasteiger partial charge < -0.3 is 0 Å². The molecule has 0 aliphatic carbocycles. The van der Waals surface area contributed by atoms with Gasteiger partial charge in [0.2, 0.25) is 0 Å². The summed E-state index contributed by atoms with van der Waals surface area (Å²) in [5.41, 5.74) is 0. The summed E-state index contributed by atoms with van der Waals surface area (Å²) >= 11 is -2.76. The topological polar surface area (TPSA) is 88.2 Å². The van der Waals surface area contributed by atoms with E-state index < -0.39 is 16.9 Å². The number of hydrogen-bond acceptors (Lipinski definition) is 8. The molecule has 1 aliphatic rings. The first-order valence-corrected chi connectivity index (χ1v) is 11.6. The van der Waals surface area contributed by atoms with Crippen LogP contribution < -0.4 is 5.32 Å². The van der Waals surface area contributed by atoms with Crippen LogP contribution in [0, 0.1) is 0 Å². The van der Waals surface area contributed by atoms with E-state index in [2.05, 4.69) is 5.32 Å². The fourth-order valence-corrected chi connectivity index (χ4v) is 5.75. The van der Waals surface area contributed by atoms with Crippen LogP contribution in [0.25, 0.3) is 0 Å². The van der Waals surface area contributed by atoms with Crippen molar-refractivity contribution in [1.82, 2.24) is 15.1 Å². The number of Topliss-reactive ketones (excluding diaryl/α,β-unsaturated/α-hetero) is 1. The van der Waals surface area contributed by atoms with Gasteiger partial charge in [0.25, 0.3) is 0 Å². The normalized spacial score (nSPS) is 16.2. The van der Waals surface area contributed by atoms with Crippen LogP contribution in [-0.4, -0.2) is 97.3 Å². The zero-order valence-corrected chi connectivity index (χ0v) is 16.6. The molecule has 8 nitrogen and oxygen atoms in total. The van der Waals surface area contributed by atoms with Gasteiger partial charge >= 0.3 is 143 Å². The Balaban J connectivity index is 2.21. The SMILES string of the molecule is CCN(CCNCC(=O)[O][Ga]1[CH2]CN(C)CC(=O)[O]1)CC(C)=O. The van der Waals surface area contributed by atoms with Crippen LogP contribution in [0.1, 0.15) is 13.8 Å². The molecule has 1 aliphatic heterocycles. The Morgan fingerprint density at radius 1 is 1.48 bits per heavy atom. The Hall–Kier alpha value is -0.874. The average molecular weight is 386 g/mol. The Kier molecular flexibility index (Phi) is 9.49. The molecule has 23 heavy (non-hydrogen) atoms. The quantitative estimate of drug-likeness (QED) is 0.399. The van der Waals surface area contributed by atoms with Gasteiger partial charge in [-0.05, 0) is 0 Å². The Morgan fingerprint density at radius 3 is 2.87 bits per heavy atom. The van der Waals surface area contributed by atoms with Gasteiger partial charge in [-0.25, -0.2) is 0 Å². The summed E-state index contributed by atoms with van der Waals surface area (Å²) in [4.78, 5) is 38.9. The number of likely N-dealkylation sites (N-methyl/N-ethyl adjacent to an activating group) is 2. The van der Waals surface area contributed by atoms with E-state index in [1.165, 1.54) is 0 Å². The van der Waals surface area contributed by atoms with Gasteiger partial charge in [0, 0.05) is 0 Å². The molecule has 0 bridgehead atoms. The number of carbonyl (C=O) groups excluding carboxylic acids is 3. The fraction of sp³-hybridized carbons (Fsp3) is 0.786. The molecule has 9 heteroatoms. The molecule has 0 aromatic carbocycles. The first kappa shape index (κ1) is 20.2. The van der Waals surface area contributed by atoms with Gasteiger partial charge in [-0.15, -0.1) is 0 Å². The van der Waals surface area contributed by atoms with Crippen LogP contribution in [0.2, 0.25) is 4.98 Å². The molecule has 0 saturated carbocycles. The molecule has 0 aromatic rings. The molecule has 0 spiro atoms. The molecule has 0 unspecified atom stereocenters. The van der Waals surface area contributed by atoms with Crippen molar-refractivity contribution in [2.45, 2.75) is 18.8 Å². The fourth-order valence-electron chi connectivity index (χ4n) is 2.23. The third-order valence-corrected chi connectivity index (χ3v) is 7.18. The van der Waals surface area contributed by atoms with Crippen LogP contribution in [0.4, 0.5) is 0 Å². The van der Waals surface area contributed by atoms with Crippen molar-refractivity contribution in [2.75, 3.05) is 52.9 Å². The van der Waals surface area contributed by atoms with Crippen molar-refractivity contribution in [3.05, 3.63) is 0 Å². The second kappa shape index (κ2) is 10.8. The zero-order valence-electron chi connectivity index (χ0n) is 14.2. The van der Waals surface area contributed by atoms with E-state index >= 15 is 0 Å². The van der Waals surface area contributed by atoms with E-state index in [4.69, 9.17) is 7.06 Å². The third-order valence-electron chi connectivity index (χ3n) is 3.44. The molecule has 1 rings (SSSR count). The standard InChI is InChI=1S/C9H18N2O3.C5H10NO2.Ga/c1-3-11(7-8(2)12)5-4-10-6-9(13)14;1-3-6(2)4-5(7)8;/h10H,3-7H2,1-2H3,(H,13,14);1,3-4H2,2H3,(H,7,8);/q;;+2/p-2. The Bertz CT molecular complexity index is 421. The van der Waals surface area contributed by atoms with Crippen LogP contribution in [-0.2, 0) is 21.4 Å². The number of nitrogens with zero attached hydrogens (tertiary/aromatic N) is 2.